The highest BCUT2D eigenvalue weighted by Crippen LogP contribution is 2.37. The molecule has 1 amide bonds. The van der Waals surface area contributed by atoms with Crippen molar-refractivity contribution < 1.29 is 18.0 Å². The molecule has 6 rings (SSSR count). The largest absolute Gasteiger partial charge is 0.416 e. The van der Waals surface area contributed by atoms with Gasteiger partial charge in [0.2, 0.25) is 0 Å². The van der Waals surface area contributed by atoms with E-state index in [0.717, 1.165) is 28.3 Å². The second-order valence-corrected chi connectivity index (χ2v) is 11.3. The van der Waals surface area contributed by atoms with Crippen LogP contribution in [0.4, 0.5) is 24.7 Å². The fourth-order valence-electron chi connectivity index (χ4n) is 5.69. The fraction of sp³-hybridized carbons (Fsp3) is 0.167. The molecule has 1 aromatic heterocycles. The van der Waals surface area contributed by atoms with Crippen LogP contribution in [0.3, 0.4) is 0 Å². The van der Waals surface area contributed by atoms with E-state index in [2.05, 4.69) is 39.9 Å². The molecule has 0 saturated carbocycles. The number of nitrogens with one attached hydrogen (secondary N) is 2. The highest BCUT2D eigenvalue weighted by atomic mass is 35.5. The first kappa shape index (κ1) is 30.2. The Kier molecular flexibility index (Phi) is 8.76. The van der Waals surface area contributed by atoms with E-state index in [4.69, 9.17) is 11.6 Å². The molecule has 5 nitrogen and oxygen atoms in total. The van der Waals surface area contributed by atoms with Crippen LogP contribution in [0, 0.1) is 0 Å². The van der Waals surface area contributed by atoms with Gasteiger partial charge in [0.25, 0.3) is 5.91 Å². The molecular formula is C36H30ClF3N4O. The van der Waals surface area contributed by atoms with Gasteiger partial charge in [-0.1, -0.05) is 84.4 Å². The van der Waals surface area contributed by atoms with E-state index >= 15 is 0 Å². The first-order valence-corrected chi connectivity index (χ1v) is 15.0. The summed E-state index contributed by atoms with van der Waals surface area (Å²) >= 11 is 6.09. The van der Waals surface area contributed by atoms with Gasteiger partial charge in [-0.2, -0.15) is 13.2 Å². The van der Waals surface area contributed by atoms with Gasteiger partial charge >= 0.3 is 6.18 Å². The van der Waals surface area contributed by atoms with Crippen molar-refractivity contribution in [1.29, 1.82) is 0 Å². The molecule has 0 atom stereocenters. The van der Waals surface area contributed by atoms with Gasteiger partial charge in [0, 0.05) is 54.4 Å². The Bertz CT molecular complexity index is 1760. The number of hydrogen-bond donors (Lipinski definition) is 2. The highest BCUT2D eigenvalue weighted by molar-refractivity contribution is 6.30. The van der Waals surface area contributed by atoms with Gasteiger partial charge < -0.3 is 15.5 Å². The number of carbonyl (C=O) groups is 1. The number of pyridine rings is 1. The molecule has 0 radical (unpaired) electrons. The summed E-state index contributed by atoms with van der Waals surface area (Å²) in [5.74, 6) is 0.367. The van der Waals surface area contributed by atoms with Crippen molar-refractivity contribution in [3.05, 3.63) is 148 Å². The number of fused-ring (bicyclic) bond motifs is 1. The third-order valence-electron chi connectivity index (χ3n) is 7.95. The van der Waals surface area contributed by atoms with Crippen molar-refractivity contribution in [3.8, 4) is 11.1 Å². The lowest BCUT2D eigenvalue weighted by Gasteiger charge is -2.32. The molecule has 0 saturated heterocycles. The van der Waals surface area contributed by atoms with E-state index in [1.165, 1.54) is 12.1 Å². The number of benzene rings is 4. The van der Waals surface area contributed by atoms with Crippen LogP contribution in [-0.4, -0.2) is 30.5 Å². The number of amides is 1. The van der Waals surface area contributed by atoms with Crippen molar-refractivity contribution in [2.75, 3.05) is 29.9 Å². The summed E-state index contributed by atoms with van der Waals surface area (Å²) in [4.78, 5) is 19.8. The van der Waals surface area contributed by atoms with Crippen molar-refractivity contribution in [3.63, 3.8) is 0 Å². The number of anilines is 2. The van der Waals surface area contributed by atoms with Gasteiger partial charge in [0.15, 0.2) is 0 Å². The quantitative estimate of drug-likeness (QED) is 0.182. The maximum absolute atomic E-state index is 13.8. The second kappa shape index (κ2) is 13.0. The molecular weight excluding hydrogens is 597 g/mol. The van der Waals surface area contributed by atoms with Crippen LogP contribution in [0.2, 0.25) is 5.02 Å². The van der Waals surface area contributed by atoms with Crippen molar-refractivity contribution in [1.82, 2.24) is 10.3 Å². The first-order valence-electron chi connectivity index (χ1n) is 14.6. The van der Waals surface area contributed by atoms with E-state index in [1.54, 1.807) is 18.3 Å². The van der Waals surface area contributed by atoms with Crippen molar-refractivity contribution >= 4 is 29.0 Å². The van der Waals surface area contributed by atoms with E-state index < -0.39 is 11.7 Å². The molecule has 4 aromatic carbocycles. The van der Waals surface area contributed by atoms with E-state index in [-0.39, 0.29) is 29.0 Å². The molecule has 9 heteroatoms. The number of aromatic nitrogens is 1. The van der Waals surface area contributed by atoms with Crippen LogP contribution >= 0.6 is 11.6 Å². The summed E-state index contributed by atoms with van der Waals surface area (Å²) in [5.41, 5.74) is 4.28. The lowest BCUT2D eigenvalue weighted by atomic mass is 9.91. The van der Waals surface area contributed by atoms with Gasteiger partial charge in [-0.05, 0) is 58.7 Å². The molecule has 0 unspecified atom stereocenters. The summed E-state index contributed by atoms with van der Waals surface area (Å²) in [6.07, 6.45) is -2.80. The molecule has 2 N–H and O–H groups in total. The van der Waals surface area contributed by atoms with Gasteiger partial charge in [0.05, 0.1) is 11.3 Å². The number of nitrogens with zero attached hydrogens (tertiary/aromatic N) is 2. The minimum Gasteiger partial charge on any atom is -0.367 e. The van der Waals surface area contributed by atoms with Crippen LogP contribution in [0.1, 0.15) is 38.5 Å². The first-order chi connectivity index (χ1) is 21.8. The normalized spacial score (nSPS) is 12.9. The predicted octanol–water partition coefficient (Wildman–Crippen LogP) is 8.41. The Labute approximate surface area is 264 Å². The Morgan fingerprint density at radius 2 is 1.60 bits per heavy atom. The molecule has 228 valence electrons. The maximum Gasteiger partial charge on any atom is 0.416 e. The number of carbonyl (C=O) groups excluding carboxylic acids is 1. The molecule has 0 spiro atoms. The molecule has 0 fully saturated rings. The predicted molar refractivity (Wildman–Crippen MR) is 173 cm³/mol. The summed E-state index contributed by atoms with van der Waals surface area (Å²) in [6.45, 7) is 1.45. The van der Waals surface area contributed by atoms with Crippen LogP contribution in [0.5, 0.6) is 0 Å². The number of rotatable bonds is 8. The monoisotopic (exact) mass is 626 g/mol. The molecule has 0 aliphatic carbocycles. The minimum absolute atomic E-state index is 0.0137. The molecule has 2 heterocycles. The molecule has 1 aliphatic rings. The Morgan fingerprint density at radius 3 is 2.29 bits per heavy atom. The van der Waals surface area contributed by atoms with Crippen LogP contribution < -0.4 is 15.5 Å². The number of alkyl halides is 3. The van der Waals surface area contributed by atoms with E-state index in [1.807, 2.05) is 59.5 Å². The molecule has 45 heavy (non-hydrogen) atoms. The van der Waals surface area contributed by atoms with Gasteiger partial charge in [-0.3, -0.25) is 4.79 Å². The van der Waals surface area contributed by atoms with Gasteiger partial charge in [-0.15, -0.1) is 0 Å². The lowest BCUT2D eigenvalue weighted by molar-refractivity contribution is -0.138. The zero-order chi connectivity index (χ0) is 31.4. The lowest BCUT2D eigenvalue weighted by Crippen LogP contribution is -2.34. The van der Waals surface area contributed by atoms with Gasteiger partial charge in [-0.25, -0.2) is 4.98 Å². The Morgan fingerprint density at radius 1 is 0.889 bits per heavy atom. The molecule has 5 aromatic rings. The average Bonchev–Trinajstić information content (AvgIpc) is 3.05. The maximum atomic E-state index is 13.8. The second-order valence-electron chi connectivity index (χ2n) is 10.9. The molecule has 1 aliphatic heterocycles. The zero-order valence-electron chi connectivity index (χ0n) is 24.2. The van der Waals surface area contributed by atoms with E-state index in [9.17, 15) is 18.0 Å². The van der Waals surface area contributed by atoms with Crippen LogP contribution in [0.15, 0.2) is 115 Å². The van der Waals surface area contributed by atoms with E-state index in [0.29, 0.717) is 36.7 Å². The molecule has 0 bridgehead atoms. The van der Waals surface area contributed by atoms with Crippen LogP contribution in [0.25, 0.3) is 11.1 Å². The number of hydrogen-bond acceptors (Lipinski definition) is 4. The third kappa shape index (κ3) is 6.97. The highest BCUT2D eigenvalue weighted by Gasteiger charge is 2.34. The summed E-state index contributed by atoms with van der Waals surface area (Å²) < 4.78 is 41.3. The van der Waals surface area contributed by atoms with Gasteiger partial charge in [0.1, 0.15) is 5.82 Å². The SMILES string of the molecule is O=C(NCC(c1ccccc1)c1ccccc1)c1cccc(-c2cnc3c(c2)N(Cc2cc(Cl)ccc2C(F)(F)F)CCN3)c1. The summed E-state index contributed by atoms with van der Waals surface area (Å²) in [6, 6.07) is 32.9. The summed E-state index contributed by atoms with van der Waals surface area (Å²) in [7, 11) is 0. The Balaban J connectivity index is 1.23. The van der Waals surface area contributed by atoms with Crippen LogP contribution in [-0.2, 0) is 12.7 Å². The Hall–Kier alpha value is -4.82. The fourth-order valence-corrected chi connectivity index (χ4v) is 5.89. The number of halogens is 4. The summed E-state index contributed by atoms with van der Waals surface area (Å²) in [5, 5.41) is 6.58. The zero-order valence-corrected chi connectivity index (χ0v) is 24.9. The average molecular weight is 627 g/mol. The smallest absolute Gasteiger partial charge is 0.367 e. The van der Waals surface area contributed by atoms with Crippen molar-refractivity contribution in [2.45, 2.75) is 18.6 Å². The topological polar surface area (TPSA) is 57.3 Å². The third-order valence-corrected chi connectivity index (χ3v) is 8.18. The van der Waals surface area contributed by atoms with Crippen molar-refractivity contribution in [2.24, 2.45) is 0 Å². The standard InChI is InChI=1S/C36H30ClF3N4O/c37-30-14-15-32(36(38,39)40)29(19-30)23-44-17-16-41-34-33(44)20-28(21-42-34)26-12-7-13-27(18-26)35(45)43-22-31(24-8-3-1-4-9-24)25-10-5-2-6-11-25/h1-15,18-21,31H,16-17,22-23H2,(H,41,42)(H,43,45). The minimum atomic E-state index is -4.50.